The molecule has 0 aromatic carbocycles. The second-order valence-electron chi connectivity index (χ2n) is 3.59. The molecule has 1 aromatic rings. The number of hydrogen-bond acceptors (Lipinski definition) is 2. The van der Waals surface area contributed by atoms with Crippen molar-refractivity contribution < 1.29 is 0 Å². The van der Waals surface area contributed by atoms with Crippen LogP contribution in [0.2, 0.25) is 0 Å². The average Bonchev–Trinajstić information content (AvgIpc) is 2.56. The molecule has 3 heteroatoms. The molecule has 12 heavy (non-hydrogen) atoms. The minimum atomic E-state index is 0.395. The fourth-order valence-electron chi connectivity index (χ4n) is 1.96. The molecule has 2 N–H and O–H groups in total. The molecule has 0 aliphatic heterocycles. The Hall–Kier alpha value is -0.830. The number of hydrogen-bond donors (Lipinski definition) is 1. The lowest BCUT2D eigenvalue weighted by Crippen LogP contribution is -2.28. The van der Waals surface area contributed by atoms with Gasteiger partial charge in [0.1, 0.15) is 0 Å². The summed E-state index contributed by atoms with van der Waals surface area (Å²) in [5, 5.41) is 0. The maximum absolute atomic E-state index is 5.90. The van der Waals surface area contributed by atoms with E-state index < -0.39 is 0 Å². The Morgan fingerprint density at radius 1 is 1.42 bits per heavy atom. The zero-order chi connectivity index (χ0) is 8.39. The van der Waals surface area contributed by atoms with Crippen LogP contribution in [0.4, 0.5) is 0 Å². The van der Waals surface area contributed by atoms with Crippen molar-refractivity contribution in [2.75, 3.05) is 0 Å². The van der Waals surface area contributed by atoms with Gasteiger partial charge in [0.05, 0.1) is 6.33 Å². The van der Waals surface area contributed by atoms with Gasteiger partial charge in [-0.3, -0.25) is 0 Å². The molecule has 0 saturated heterocycles. The van der Waals surface area contributed by atoms with Crippen molar-refractivity contribution in [2.45, 2.75) is 37.8 Å². The summed E-state index contributed by atoms with van der Waals surface area (Å²) < 4.78 is 2.18. The average molecular weight is 165 g/mol. The van der Waals surface area contributed by atoms with Crippen molar-refractivity contribution in [3.05, 3.63) is 18.7 Å². The largest absolute Gasteiger partial charge is 0.334 e. The first-order valence-corrected chi connectivity index (χ1v) is 4.59. The summed E-state index contributed by atoms with van der Waals surface area (Å²) in [6.45, 7) is 0. The van der Waals surface area contributed by atoms with Crippen molar-refractivity contribution in [2.24, 2.45) is 5.73 Å². The predicted octanol–water partition coefficient (Wildman–Crippen LogP) is 1.33. The van der Waals surface area contributed by atoms with Gasteiger partial charge in [-0.15, -0.1) is 0 Å². The molecule has 0 amide bonds. The zero-order valence-electron chi connectivity index (χ0n) is 7.19. The van der Waals surface area contributed by atoms with Crippen molar-refractivity contribution in [3.63, 3.8) is 0 Å². The third-order valence-corrected chi connectivity index (χ3v) is 2.63. The highest BCUT2D eigenvalue weighted by molar-refractivity contribution is 4.85. The Morgan fingerprint density at radius 2 is 2.33 bits per heavy atom. The van der Waals surface area contributed by atoms with E-state index in [0.717, 1.165) is 6.42 Å². The predicted molar refractivity (Wildman–Crippen MR) is 47.7 cm³/mol. The Bertz CT molecular complexity index is 230. The van der Waals surface area contributed by atoms with Crippen LogP contribution >= 0.6 is 0 Å². The van der Waals surface area contributed by atoms with Gasteiger partial charge in [-0.05, 0) is 25.7 Å². The number of nitrogens with two attached hydrogens (primary N) is 1. The summed E-state index contributed by atoms with van der Waals surface area (Å²) in [6, 6.07) is 0.988. The summed E-state index contributed by atoms with van der Waals surface area (Å²) in [5.41, 5.74) is 5.90. The van der Waals surface area contributed by atoms with Crippen LogP contribution in [-0.2, 0) is 0 Å². The van der Waals surface area contributed by atoms with E-state index in [-0.39, 0.29) is 0 Å². The molecule has 0 unspecified atom stereocenters. The van der Waals surface area contributed by atoms with Crippen molar-refractivity contribution in [1.82, 2.24) is 9.55 Å². The SMILES string of the molecule is N[C@@H]1CCC[C@@H](n2ccnc2)C1. The van der Waals surface area contributed by atoms with Crippen LogP contribution in [0.1, 0.15) is 31.7 Å². The molecule has 2 atom stereocenters. The molecule has 66 valence electrons. The van der Waals surface area contributed by atoms with E-state index in [0.29, 0.717) is 12.1 Å². The van der Waals surface area contributed by atoms with E-state index >= 15 is 0 Å². The molecule has 1 saturated carbocycles. The minimum Gasteiger partial charge on any atom is -0.334 e. The van der Waals surface area contributed by atoms with Gasteiger partial charge >= 0.3 is 0 Å². The third-order valence-electron chi connectivity index (χ3n) is 2.63. The fraction of sp³-hybridized carbons (Fsp3) is 0.667. The Balaban J connectivity index is 2.04. The van der Waals surface area contributed by atoms with Crippen LogP contribution in [0.25, 0.3) is 0 Å². The van der Waals surface area contributed by atoms with E-state index in [1.54, 1.807) is 0 Å². The smallest absolute Gasteiger partial charge is 0.0948 e. The fourth-order valence-corrected chi connectivity index (χ4v) is 1.96. The number of aromatic nitrogens is 2. The number of nitrogens with zero attached hydrogens (tertiary/aromatic N) is 2. The lowest BCUT2D eigenvalue weighted by atomic mass is 9.91. The molecular weight excluding hydrogens is 150 g/mol. The summed E-state index contributed by atoms with van der Waals surface area (Å²) >= 11 is 0. The van der Waals surface area contributed by atoms with Crippen LogP contribution in [-0.4, -0.2) is 15.6 Å². The van der Waals surface area contributed by atoms with Gasteiger partial charge in [0.15, 0.2) is 0 Å². The second-order valence-corrected chi connectivity index (χ2v) is 3.59. The van der Waals surface area contributed by atoms with Gasteiger partial charge in [0, 0.05) is 24.5 Å². The molecule has 1 fully saturated rings. The lowest BCUT2D eigenvalue weighted by molar-refractivity contribution is 0.319. The summed E-state index contributed by atoms with van der Waals surface area (Å²) in [4.78, 5) is 4.04. The topological polar surface area (TPSA) is 43.8 Å². The van der Waals surface area contributed by atoms with E-state index in [9.17, 15) is 0 Å². The Morgan fingerprint density at radius 3 is 3.00 bits per heavy atom. The molecule has 1 heterocycles. The molecule has 2 rings (SSSR count). The van der Waals surface area contributed by atoms with Crippen LogP contribution in [0, 0.1) is 0 Å². The first-order valence-electron chi connectivity index (χ1n) is 4.59. The van der Waals surface area contributed by atoms with E-state index in [2.05, 4.69) is 9.55 Å². The van der Waals surface area contributed by atoms with Gasteiger partial charge in [-0.2, -0.15) is 0 Å². The number of rotatable bonds is 1. The van der Waals surface area contributed by atoms with Crippen LogP contribution in [0.15, 0.2) is 18.7 Å². The van der Waals surface area contributed by atoms with Gasteiger partial charge < -0.3 is 10.3 Å². The lowest BCUT2D eigenvalue weighted by Gasteiger charge is -2.27. The first-order chi connectivity index (χ1) is 5.86. The normalized spacial score (nSPS) is 30.4. The third kappa shape index (κ3) is 1.50. The standard InChI is InChI=1S/C9H15N3/c10-8-2-1-3-9(6-8)12-5-4-11-7-12/h4-5,7-9H,1-3,6,10H2/t8-,9-/m1/s1. The molecular formula is C9H15N3. The van der Waals surface area contributed by atoms with Crippen molar-refractivity contribution in [3.8, 4) is 0 Å². The molecule has 1 aromatic heterocycles. The van der Waals surface area contributed by atoms with Crippen molar-refractivity contribution in [1.29, 1.82) is 0 Å². The Kier molecular flexibility index (Phi) is 2.13. The quantitative estimate of drug-likeness (QED) is 0.682. The highest BCUT2D eigenvalue weighted by Crippen LogP contribution is 2.26. The summed E-state index contributed by atoms with van der Waals surface area (Å²) in [7, 11) is 0. The molecule has 0 spiro atoms. The highest BCUT2D eigenvalue weighted by Gasteiger charge is 2.19. The highest BCUT2D eigenvalue weighted by atomic mass is 15.1. The first kappa shape index (κ1) is 7.80. The van der Waals surface area contributed by atoms with Gasteiger partial charge in [-0.1, -0.05) is 0 Å². The molecule has 1 aliphatic carbocycles. The summed E-state index contributed by atoms with van der Waals surface area (Å²) in [6.07, 6.45) is 10.6. The maximum Gasteiger partial charge on any atom is 0.0948 e. The maximum atomic E-state index is 5.90. The monoisotopic (exact) mass is 165 g/mol. The molecule has 3 nitrogen and oxygen atoms in total. The molecule has 0 radical (unpaired) electrons. The van der Waals surface area contributed by atoms with Gasteiger partial charge in [-0.25, -0.2) is 4.98 Å². The van der Waals surface area contributed by atoms with Crippen LogP contribution < -0.4 is 5.73 Å². The zero-order valence-corrected chi connectivity index (χ0v) is 7.19. The molecule has 1 aliphatic rings. The van der Waals surface area contributed by atoms with Crippen molar-refractivity contribution >= 4 is 0 Å². The molecule has 0 bridgehead atoms. The number of imidazole rings is 1. The van der Waals surface area contributed by atoms with E-state index in [1.807, 2.05) is 18.7 Å². The summed E-state index contributed by atoms with van der Waals surface area (Å²) in [5.74, 6) is 0. The minimum absolute atomic E-state index is 0.395. The van der Waals surface area contributed by atoms with E-state index in [4.69, 9.17) is 5.73 Å². The van der Waals surface area contributed by atoms with E-state index in [1.165, 1.54) is 19.3 Å². The van der Waals surface area contributed by atoms with Crippen LogP contribution in [0.5, 0.6) is 0 Å². The van der Waals surface area contributed by atoms with Gasteiger partial charge in [0.2, 0.25) is 0 Å². The Labute approximate surface area is 72.6 Å². The van der Waals surface area contributed by atoms with Crippen LogP contribution in [0.3, 0.4) is 0 Å². The van der Waals surface area contributed by atoms with Gasteiger partial charge in [0.25, 0.3) is 0 Å². The second kappa shape index (κ2) is 3.27.